The maximum absolute atomic E-state index is 12.2. The molecule has 4 N–H and O–H groups in total. The maximum Gasteiger partial charge on any atom is 0.404 e. The third-order valence-corrected chi connectivity index (χ3v) is 4.57. The van der Waals surface area contributed by atoms with Crippen molar-refractivity contribution in [2.24, 2.45) is 5.73 Å². The second-order valence-electron chi connectivity index (χ2n) is 4.39. The highest BCUT2D eigenvalue weighted by Gasteiger charge is 2.21. The molecule has 0 radical (unpaired) electrons. The molecule has 0 aromatic heterocycles. The number of carbonyl (C=O) groups excluding carboxylic acids is 1. The van der Waals surface area contributed by atoms with E-state index >= 15 is 0 Å². The molecule has 0 atom stereocenters. The van der Waals surface area contributed by atoms with Gasteiger partial charge in [-0.15, -0.1) is 0 Å². The molecule has 0 unspecified atom stereocenters. The van der Waals surface area contributed by atoms with E-state index in [2.05, 4.69) is 14.8 Å². The van der Waals surface area contributed by atoms with E-state index in [4.69, 9.17) is 5.73 Å². The molecule has 1 amide bonds. The van der Waals surface area contributed by atoms with Crippen LogP contribution in [0.5, 0.6) is 0 Å². The monoisotopic (exact) mass is 299 g/mol. The first-order valence-electron chi connectivity index (χ1n) is 6.24. The van der Waals surface area contributed by atoms with E-state index in [0.717, 1.165) is 17.7 Å². The highest BCUT2D eigenvalue weighted by molar-refractivity contribution is 7.89. The van der Waals surface area contributed by atoms with E-state index in [1.54, 1.807) is 12.1 Å². The summed E-state index contributed by atoms with van der Waals surface area (Å²) in [5.41, 5.74) is 6.63. The minimum absolute atomic E-state index is 0.00676. The number of sulfonamides is 1. The van der Waals surface area contributed by atoms with Gasteiger partial charge in [0.05, 0.1) is 4.90 Å². The lowest BCUT2D eigenvalue weighted by Crippen LogP contribution is -2.31. The molecule has 20 heavy (non-hydrogen) atoms. The number of fused-ring (bicyclic) bond motifs is 1. The number of primary amides is 1. The Morgan fingerprint density at radius 3 is 3.00 bits per heavy atom. The van der Waals surface area contributed by atoms with Crippen molar-refractivity contribution >= 4 is 16.1 Å². The highest BCUT2D eigenvalue weighted by atomic mass is 32.2. The van der Waals surface area contributed by atoms with Crippen LogP contribution in [0, 0.1) is 0 Å². The summed E-state index contributed by atoms with van der Waals surface area (Å²) in [6.07, 6.45) is -0.253. The Morgan fingerprint density at radius 2 is 2.25 bits per heavy atom. The molecule has 7 nitrogen and oxygen atoms in total. The van der Waals surface area contributed by atoms with Crippen LogP contribution in [0.2, 0.25) is 0 Å². The van der Waals surface area contributed by atoms with Crippen LogP contribution >= 0.6 is 0 Å². The normalized spacial score (nSPS) is 14.6. The van der Waals surface area contributed by atoms with E-state index in [1.165, 1.54) is 0 Å². The van der Waals surface area contributed by atoms with Crippen molar-refractivity contribution in [1.29, 1.82) is 0 Å². The second kappa shape index (κ2) is 6.21. The first-order valence-corrected chi connectivity index (χ1v) is 7.72. The van der Waals surface area contributed by atoms with Gasteiger partial charge in [0.1, 0.15) is 6.61 Å². The molecule has 1 aromatic carbocycles. The number of hydrogen-bond donors (Lipinski definition) is 3. The molecule has 0 bridgehead atoms. The van der Waals surface area contributed by atoms with Crippen LogP contribution in [0.3, 0.4) is 0 Å². The lowest BCUT2D eigenvalue weighted by Gasteiger charge is -2.20. The molecular formula is C12H17N3O4S. The van der Waals surface area contributed by atoms with Gasteiger partial charge in [-0.1, -0.05) is 12.1 Å². The predicted molar refractivity (Wildman–Crippen MR) is 72.6 cm³/mol. The van der Waals surface area contributed by atoms with Crippen LogP contribution in [0.15, 0.2) is 23.1 Å². The van der Waals surface area contributed by atoms with Crippen molar-refractivity contribution in [3.8, 4) is 0 Å². The first-order chi connectivity index (χ1) is 9.50. The topological polar surface area (TPSA) is 111 Å². The minimum atomic E-state index is -3.61. The van der Waals surface area contributed by atoms with Crippen molar-refractivity contribution in [3.05, 3.63) is 29.3 Å². The first kappa shape index (κ1) is 14.8. The molecule has 1 aliphatic heterocycles. The van der Waals surface area contributed by atoms with Crippen molar-refractivity contribution in [1.82, 2.24) is 10.0 Å². The van der Waals surface area contributed by atoms with E-state index < -0.39 is 16.1 Å². The van der Waals surface area contributed by atoms with Gasteiger partial charge in [-0.2, -0.15) is 0 Å². The van der Waals surface area contributed by atoms with Crippen LogP contribution < -0.4 is 15.8 Å². The van der Waals surface area contributed by atoms with Crippen LogP contribution in [-0.4, -0.2) is 34.2 Å². The Kier molecular flexibility index (Phi) is 4.58. The number of benzene rings is 1. The Labute approximate surface area is 117 Å². The summed E-state index contributed by atoms with van der Waals surface area (Å²) in [7, 11) is -3.61. The molecule has 1 aromatic rings. The highest BCUT2D eigenvalue weighted by Crippen LogP contribution is 2.22. The summed E-state index contributed by atoms with van der Waals surface area (Å²) in [5, 5.41) is 3.20. The van der Waals surface area contributed by atoms with Gasteiger partial charge in [-0.3, -0.25) is 0 Å². The second-order valence-corrected chi connectivity index (χ2v) is 6.12. The molecule has 0 saturated carbocycles. The van der Waals surface area contributed by atoms with Gasteiger partial charge in [-0.25, -0.2) is 17.9 Å². The van der Waals surface area contributed by atoms with E-state index in [-0.39, 0.29) is 18.0 Å². The van der Waals surface area contributed by atoms with E-state index in [9.17, 15) is 13.2 Å². The zero-order valence-electron chi connectivity index (χ0n) is 10.9. The fourth-order valence-corrected chi connectivity index (χ4v) is 3.48. The lowest BCUT2D eigenvalue weighted by molar-refractivity contribution is 0.159. The maximum atomic E-state index is 12.2. The fourth-order valence-electron chi connectivity index (χ4n) is 2.15. The molecule has 1 aliphatic rings. The predicted octanol–water partition coefficient (Wildman–Crippen LogP) is -0.294. The fraction of sp³-hybridized carbons (Fsp3) is 0.417. The average Bonchev–Trinajstić information content (AvgIpc) is 2.43. The molecule has 1 heterocycles. The molecule has 2 rings (SSSR count). The molecule has 110 valence electrons. The Bertz CT molecular complexity index is 601. The molecule has 8 heteroatoms. The number of carbonyl (C=O) groups is 1. The average molecular weight is 299 g/mol. The third kappa shape index (κ3) is 3.47. The van der Waals surface area contributed by atoms with Crippen molar-refractivity contribution in [3.63, 3.8) is 0 Å². The summed E-state index contributed by atoms with van der Waals surface area (Å²) in [4.78, 5) is 10.7. The molecule has 0 saturated heterocycles. The summed E-state index contributed by atoms with van der Waals surface area (Å²) in [6.45, 7) is 1.33. The number of rotatable bonds is 5. The van der Waals surface area contributed by atoms with Gasteiger partial charge in [0, 0.05) is 13.1 Å². The summed E-state index contributed by atoms with van der Waals surface area (Å²) < 4.78 is 31.4. The number of ether oxygens (including phenoxy) is 1. The Hall–Kier alpha value is -1.64. The van der Waals surface area contributed by atoms with Gasteiger partial charge in [-0.05, 0) is 30.2 Å². The molecule has 0 fully saturated rings. The summed E-state index contributed by atoms with van der Waals surface area (Å²) in [5.74, 6) is 0. The standard InChI is InChI=1S/C12H17N3O4S/c13-12(16)19-7-6-15-20(17,18)11-3-1-2-9-8-14-5-4-10(9)11/h1-3,14-15H,4-8H2,(H2,13,16). The van der Waals surface area contributed by atoms with Gasteiger partial charge >= 0.3 is 6.09 Å². The van der Waals surface area contributed by atoms with Crippen molar-refractivity contribution in [2.75, 3.05) is 19.7 Å². The Balaban J connectivity index is 2.11. The quantitative estimate of drug-likeness (QED) is 0.647. The Morgan fingerprint density at radius 1 is 1.45 bits per heavy atom. The van der Waals surface area contributed by atoms with Crippen LogP contribution in [-0.2, 0) is 27.7 Å². The van der Waals surface area contributed by atoms with Crippen molar-refractivity contribution < 1.29 is 17.9 Å². The minimum Gasteiger partial charge on any atom is -0.448 e. The summed E-state index contributed by atoms with van der Waals surface area (Å²) in [6, 6.07) is 5.22. The van der Waals surface area contributed by atoms with Crippen molar-refractivity contribution in [2.45, 2.75) is 17.9 Å². The van der Waals surface area contributed by atoms with Crippen LogP contribution in [0.25, 0.3) is 0 Å². The van der Waals surface area contributed by atoms with Crippen LogP contribution in [0.4, 0.5) is 4.79 Å². The molecular weight excluding hydrogens is 282 g/mol. The van der Waals surface area contributed by atoms with Gasteiger partial charge in [0.2, 0.25) is 10.0 Å². The molecule has 0 spiro atoms. The van der Waals surface area contributed by atoms with E-state index in [1.807, 2.05) is 6.07 Å². The molecule has 0 aliphatic carbocycles. The van der Waals surface area contributed by atoms with Gasteiger partial charge in [0.15, 0.2) is 0 Å². The summed E-state index contributed by atoms with van der Waals surface area (Å²) >= 11 is 0. The van der Waals surface area contributed by atoms with Gasteiger partial charge < -0.3 is 15.8 Å². The number of amides is 1. The smallest absolute Gasteiger partial charge is 0.404 e. The lowest BCUT2D eigenvalue weighted by atomic mass is 10.0. The van der Waals surface area contributed by atoms with Gasteiger partial charge in [0.25, 0.3) is 0 Å². The third-order valence-electron chi connectivity index (χ3n) is 3.03. The zero-order valence-corrected chi connectivity index (χ0v) is 11.7. The number of nitrogens with two attached hydrogens (primary N) is 1. The largest absolute Gasteiger partial charge is 0.448 e. The SMILES string of the molecule is NC(=O)OCCNS(=O)(=O)c1cccc2c1CCNC2. The van der Waals surface area contributed by atoms with Crippen LogP contribution in [0.1, 0.15) is 11.1 Å². The van der Waals surface area contributed by atoms with E-state index in [0.29, 0.717) is 13.0 Å². The number of nitrogens with one attached hydrogen (secondary N) is 2. The number of hydrogen-bond acceptors (Lipinski definition) is 5. The zero-order chi connectivity index (χ0) is 14.6.